The molecular formula is C34H22N4O2. The van der Waals surface area contributed by atoms with Crippen molar-refractivity contribution >= 4 is 32.3 Å². The molecule has 0 saturated carbocycles. The van der Waals surface area contributed by atoms with Crippen LogP contribution >= 0.6 is 0 Å². The van der Waals surface area contributed by atoms with Gasteiger partial charge in [0.2, 0.25) is 0 Å². The lowest BCUT2D eigenvalue weighted by molar-refractivity contribution is 0.532. The van der Waals surface area contributed by atoms with Gasteiger partial charge in [-0.05, 0) is 80.8 Å². The second-order valence-corrected chi connectivity index (χ2v) is 10.0. The first-order valence-corrected chi connectivity index (χ1v) is 13.1. The molecule has 0 radical (unpaired) electrons. The first-order chi connectivity index (χ1) is 19.6. The van der Waals surface area contributed by atoms with Crippen molar-refractivity contribution in [2.75, 3.05) is 0 Å². The first kappa shape index (κ1) is 22.6. The van der Waals surface area contributed by atoms with Crippen LogP contribution in [0.1, 0.15) is 11.8 Å². The predicted octanol–water partition coefficient (Wildman–Crippen LogP) is 8.63. The molecule has 0 amide bonds. The summed E-state index contributed by atoms with van der Waals surface area (Å²) in [6.45, 7) is 3.67. The van der Waals surface area contributed by atoms with E-state index in [9.17, 15) is 0 Å². The van der Waals surface area contributed by atoms with E-state index in [2.05, 4.69) is 58.5 Å². The van der Waals surface area contributed by atoms with E-state index < -0.39 is 0 Å². The Hall–Kier alpha value is -5.36. The normalized spacial score (nSPS) is 11.8. The number of oxazole rings is 2. The second kappa shape index (κ2) is 8.58. The van der Waals surface area contributed by atoms with Crippen LogP contribution in [0.2, 0.25) is 0 Å². The molecule has 0 aliphatic rings. The van der Waals surface area contributed by atoms with Gasteiger partial charge >= 0.3 is 0 Å². The summed E-state index contributed by atoms with van der Waals surface area (Å²) in [5.74, 6) is 2.59. The molecule has 0 N–H and O–H groups in total. The number of hydrogen-bond donors (Lipinski definition) is 0. The van der Waals surface area contributed by atoms with Crippen LogP contribution in [0.25, 0.3) is 77.7 Å². The fourth-order valence-electron chi connectivity index (χ4n) is 5.56. The predicted molar refractivity (Wildman–Crippen MR) is 157 cm³/mol. The van der Waals surface area contributed by atoms with Gasteiger partial charge in [0, 0.05) is 25.0 Å². The third kappa shape index (κ3) is 3.65. The zero-order chi connectivity index (χ0) is 26.8. The highest BCUT2D eigenvalue weighted by atomic mass is 16.4. The molecule has 4 aromatic carbocycles. The summed E-state index contributed by atoms with van der Waals surface area (Å²) >= 11 is 0. The maximum atomic E-state index is 5.71. The number of pyridine rings is 2. The van der Waals surface area contributed by atoms with Gasteiger partial charge in [-0.25, -0.2) is 19.9 Å². The van der Waals surface area contributed by atoms with Crippen molar-refractivity contribution in [2.45, 2.75) is 13.8 Å². The van der Waals surface area contributed by atoms with Gasteiger partial charge in [-0.3, -0.25) is 0 Å². The Kier molecular flexibility index (Phi) is 4.85. The van der Waals surface area contributed by atoms with Gasteiger partial charge < -0.3 is 8.83 Å². The van der Waals surface area contributed by atoms with E-state index in [4.69, 9.17) is 18.8 Å². The largest absolute Gasteiger partial charge is 0.439 e. The van der Waals surface area contributed by atoms with Crippen LogP contribution in [0.3, 0.4) is 0 Å². The summed E-state index contributed by atoms with van der Waals surface area (Å²) in [5, 5.41) is 7.24. The van der Waals surface area contributed by atoms with Crippen molar-refractivity contribution in [2.24, 2.45) is 0 Å². The lowest BCUT2D eigenvalue weighted by atomic mass is 9.90. The van der Waals surface area contributed by atoms with Crippen molar-refractivity contribution in [1.29, 1.82) is 0 Å². The van der Waals surface area contributed by atoms with Crippen molar-refractivity contribution in [3.8, 4) is 45.4 Å². The first-order valence-electron chi connectivity index (χ1n) is 13.1. The second-order valence-electron chi connectivity index (χ2n) is 10.0. The van der Waals surface area contributed by atoms with E-state index in [1.807, 2.05) is 50.2 Å². The summed E-state index contributed by atoms with van der Waals surface area (Å²) in [6.07, 6.45) is 3.44. The summed E-state index contributed by atoms with van der Waals surface area (Å²) in [6, 6.07) is 29.6. The molecular weight excluding hydrogens is 496 g/mol. The molecule has 0 unspecified atom stereocenters. The quantitative estimate of drug-likeness (QED) is 0.217. The number of rotatable bonds is 4. The molecule has 190 valence electrons. The molecule has 0 atom stereocenters. The number of aromatic nitrogens is 4. The number of hydrogen-bond acceptors (Lipinski definition) is 6. The molecule has 6 heteroatoms. The molecule has 40 heavy (non-hydrogen) atoms. The summed E-state index contributed by atoms with van der Waals surface area (Å²) in [7, 11) is 0. The van der Waals surface area contributed by atoms with Crippen molar-refractivity contribution < 1.29 is 8.83 Å². The minimum absolute atomic E-state index is 0.627. The van der Waals surface area contributed by atoms with Crippen LogP contribution in [0, 0.1) is 13.8 Å². The molecule has 0 bridgehead atoms. The number of aryl methyl sites for hydroxylation is 2. The molecule has 0 saturated heterocycles. The third-order valence-corrected chi connectivity index (χ3v) is 7.37. The van der Waals surface area contributed by atoms with Gasteiger partial charge in [0.15, 0.2) is 23.3 Å². The molecule has 6 nitrogen and oxygen atoms in total. The fraction of sp³-hybridized carbons (Fsp3) is 0.0588. The Bertz CT molecular complexity index is 1980. The SMILES string of the molecule is Cc1ncc(-c2cccc(-c3cc4ccc5cc(-c6cccc(-c7cnc(C)o7)n6)cc6ccc(c3)c4c56)n2)o1. The van der Waals surface area contributed by atoms with E-state index in [-0.39, 0.29) is 0 Å². The topological polar surface area (TPSA) is 77.8 Å². The molecule has 0 fully saturated rings. The minimum Gasteiger partial charge on any atom is -0.439 e. The lowest BCUT2D eigenvalue weighted by Gasteiger charge is -2.14. The molecule has 0 spiro atoms. The van der Waals surface area contributed by atoms with Gasteiger partial charge in [-0.15, -0.1) is 0 Å². The zero-order valence-corrected chi connectivity index (χ0v) is 21.8. The Balaban J connectivity index is 1.24. The van der Waals surface area contributed by atoms with Gasteiger partial charge in [0.1, 0.15) is 11.4 Å². The number of benzene rings is 4. The maximum absolute atomic E-state index is 5.71. The molecule has 0 aliphatic carbocycles. The Morgan fingerprint density at radius 2 is 0.850 bits per heavy atom. The van der Waals surface area contributed by atoms with Crippen molar-refractivity contribution in [1.82, 2.24) is 19.9 Å². The maximum Gasteiger partial charge on any atom is 0.191 e. The Morgan fingerprint density at radius 1 is 0.475 bits per heavy atom. The van der Waals surface area contributed by atoms with Gasteiger partial charge in [-0.2, -0.15) is 0 Å². The highest BCUT2D eigenvalue weighted by Gasteiger charge is 2.15. The summed E-state index contributed by atoms with van der Waals surface area (Å²) in [5.41, 5.74) is 5.46. The smallest absolute Gasteiger partial charge is 0.191 e. The molecule has 4 aromatic heterocycles. The van der Waals surface area contributed by atoms with Crippen LogP contribution in [0.15, 0.2) is 106 Å². The number of nitrogens with zero attached hydrogens (tertiary/aromatic N) is 4. The van der Waals surface area contributed by atoms with Gasteiger partial charge in [0.25, 0.3) is 0 Å². The van der Waals surface area contributed by atoms with Crippen LogP contribution in [-0.2, 0) is 0 Å². The van der Waals surface area contributed by atoms with Crippen molar-refractivity contribution in [3.05, 3.63) is 109 Å². The van der Waals surface area contributed by atoms with Crippen LogP contribution in [-0.4, -0.2) is 19.9 Å². The van der Waals surface area contributed by atoms with Gasteiger partial charge in [-0.1, -0.05) is 36.4 Å². The molecule has 8 rings (SSSR count). The van der Waals surface area contributed by atoms with Crippen molar-refractivity contribution in [3.63, 3.8) is 0 Å². The summed E-state index contributed by atoms with van der Waals surface area (Å²) in [4.78, 5) is 18.2. The highest BCUT2D eigenvalue weighted by molar-refractivity contribution is 6.24. The fourth-order valence-corrected chi connectivity index (χ4v) is 5.56. The third-order valence-electron chi connectivity index (χ3n) is 7.37. The monoisotopic (exact) mass is 518 g/mol. The standard InChI is InChI=1S/C34H22N4O2/c1-19-35-17-31(39-19)29-7-3-5-27(37-29)25-13-21-9-11-23-15-26(16-24-12-10-22(14-25)33(21)34(23)24)28-6-4-8-30(38-28)32-18-36-20(2)40-32/h3-18H,1-2H3. The minimum atomic E-state index is 0.627. The van der Waals surface area contributed by atoms with Crippen LogP contribution in [0.4, 0.5) is 0 Å². The highest BCUT2D eigenvalue weighted by Crippen LogP contribution is 2.39. The van der Waals surface area contributed by atoms with Crippen LogP contribution in [0.5, 0.6) is 0 Å². The van der Waals surface area contributed by atoms with E-state index >= 15 is 0 Å². The van der Waals surface area contributed by atoms with E-state index in [0.29, 0.717) is 23.3 Å². The average Bonchev–Trinajstić information content (AvgIpc) is 3.64. The van der Waals surface area contributed by atoms with E-state index in [0.717, 1.165) is 33.9 Å². The van der Waals surface area contributed by atoms with Gasteiger partial charge in [0.05, 0.1) is 23.8 Å². The van der Waals surface area contributed by atoms with E-state index in [1.54, 1.807) is 12.4 Å². The molecule has 8 aromatic rings. The summed E-state index contributed by atoms with van der Waals surface area (Å²) < 4.78 is 11.4. The Morgan fingerprint density at radius 3 is 1.20 bits per heavy atom. The van der Waals surface area contributed by atoms with E-state index in [1.165, 1.54) is 32.3 Å². The Labute approximate surface area is 229 Å². The zero-order valence-electron chi connectivity index (χ0n) is 21.8. The molecule has 4 heterocycles. The van der Waals surface area contributed by atoms with Crippen LogP contribution < -0.4 is 0 Å². The lowest BCUT2D eigenvalue weighted by Crippen LogP contribution is -1.91. The molecule has 0 aliphatic heterocycles. The average molecular weight is 519 g/mol.